The van der Waals surface area contributed by atoms with Crippen molar-refractivity contribution < 1.29 is 14.3 Å². The number of carbonyl (C=O) groups excluding carboxylic acids is 1. The molecular formula is C10H17NO3. The first kappa shape index (κ1) is 11.0. The zero-order valence-electron chi connectivity index (χ0n) is 8.90. The van der Waals surface area contributed by atoms with E-state index >= 15 is 0 Å². The quantitative estimate of drug-likeness (QED) is 0.643. The largest absolute Gasteiger partial charge is 0.477 e. The Morgan fingerprint density at radius 2 is 2.36 bits per heavy atom. The van der Waals surface area contributed by atoms with Crippen molar-refractivity contribution in [2.75, 3.05) is 6.61 Å². The highest BCUT2D eigenvalue weighted by Crippen LogP contribution is 2.21. The first-order valence-electron chi connectivity index (χ1n) is 5.04. The Kier molecular flexibility index (Phi) is 3.92. The van der Waals surface area contributed by atoms with Gasteiger partial charge in [-0.05, 0) is 19.3 Å². The van der Waals surface area contributed by atoms with Gasteiger partial charge in [-0.1, -0.05) is 13.8 Å². The van der Waals surface area contributed by atoms with Crippen LogP contribution in [0.25, 0.3) is 0 Å². The molecule has 0 saturated heterocycles. The Balaban J connectivity index is 2.58. The highest BCUT2D eigenvalue weighted by Gasteiger charge is 2.36. The molecule has 0 aromatic heterocycles. The van der Waals surface area contributed by atoms with Crippen LogP contribution in [0, 0.1) is 5.92 Å². The van der Waals surface area contributed by atoms with Gasteiger partial charge >= 0.3 is 5.97 Å². The van der Waals surface area contributed by atoms with Crippen LogP contribution in [0.1, 0.15) is 27.2 Å². The highest BCUT2D eigenvalue weighted by atomic mass is 16.5. The van der Waals surface area contributed by atoms with Crippen LogP contribution in [0.4, 0.5) is 0 Å². The number of rotatable bonds is 4. The summed E-state index contributed by atoms with van der Waals surface area (Å²) in [7, 11) is 0. The fourth-order valence-corrected chi connectivity index (χ4v) is 1.43. The predicted octanol–water partition coefficient (Wildman–Crippen LogP) is 1.39. The lowest BCUT2D eigenvalue weighted by atomic mass is 9.96. The standard InChI is InChI=1S/C10H17NO3/c1-4-7(3)9-8(11-6-14-9)10(12)13-5-2/h6-9H,4-5H2,1-3H3. The van der Waals surface area contributed by atoms with E-state index in [-0.39, 0.29) is 12.1 Å². The van der Waals surface area contributed by atoms with Gasteiger partial charge in [0.1, 0.15) is 6.10 Å². The number of esters is 1. The summed E-state index contributed by atoms with van der Waals surface area (Å²) < 4.78 is 10.2. The maximum absolute atomic E-state index is 11.5. The summed E-state index contributed by atoms with van der Waals surface area (Å²) in [6, 6.07) is -0.468. The average Bonchev–Trinajstić information content (AvgIpc) is 2.65. The molecule has 0 amide bonds. The van der Waals surface area contributed by atoms with Crippen molar-refractivity contribution in [1.82, 2.24) is 0 Å². The van der Waals surface area contributed by atoms with Crippen molar-refractivity contribution in [3.8, 4) is 0 Å². The second-order valence-electron chi connectivity index (χ2n) is 3.44. The molecule has 0 N–H and O–H groups in total. The molecule has 80 valence electrons. The van der Waals surface area contributed by atoms with E-state index in [0.29, 0.717) is 12.5 Å². The summed E-state index contributed by atoms with van der Waals surface area (Å²) in [4.78, 5) is 15.4. The summed E-state index contributed by atoms with van der Waals surface area (Å²) in [6.07, 6.45) is 2.17. The molecule has 0 aromatic carbocycles. The smallest absolute Gasteiger partial charge is 0.334 e. The third-order valence-electron chi connectivity index (χ3n) is 2.48. The van der Waals surface area contributed by atoms with Crippen LogP contribution < -0.4 is 0 Å². The molecule has 0 radical (unpaired) electrons. The van der Waals surface area contributed by atoms with Gasteiger partial charge in [0.05, 0.1) is 6.61 Å². The summed E-state index contributed by atoms with van der Waals surface area (Å²) in [5.41, 5.74) is 0. The van der Waals surface area contributed by atoms with Crippen LogP contribution in [-0.4, -0.2) is 31.1 Å². The van der Waals surface area contributed by atoms with Crippen LogP contribution in [0.5, 0.6) is 0 Å². The summed E-state index contributed by atoms with van der Waals surface area (Å²) in [6.45, 7) is 6.29. The molecule has 4 nitrogen and oxygen atoms in total. The van der Waals surface area contributed by atoms with Crippen LogP contribution >= 0.6 is 0 Å². The molecule has 0 spiro atoms. The maximum atomic E-state index is 11.5. The lowest BCUT2D eigenvalue weighted by molar-refractivity contribution is -0.146. The van der Waals surface area contributed by atoms with Gasteiger partial charge in [-0.25, -0.2) is 9.79 Å². The lowest BCUT2D eigenvalue weighted by Gasteiger charge is -2.21. The third-order valence-corrected chi connectivity index (χ3v) is 2.48. The SMILES string of the molecule is CCOC(=O)C1N=COC1C(C)CC. The van der Waals surface area contributed by atoms with Crippen molar-refractivity contribution in [2.24, 2.45) is 10.9 Å². The maximum Gasteiger partial charge on any atom is 0.334 e. The zero-order chi connectivity index (χ0) is 10.6. The van der Waals surface area contributed by atoms with E-state index in [4.69, 9.17) is 9.47 Å². The normalized spacial score (nSPS) is 27.1. The molecule has 0 aliphatic carbocycles. The third kappa shape index (κ3) is 2.25. The monoisotopic (exact) mass is 199 g/mol. The number of carbonyl (C=O) groups is 1. The van der Waals surface area contributed by atoms with E-state index in [0.717, 1.165) is 6.42 Å². The van der Waals surface area contributed by atoms with Gasteiger partial charge in [-0.15, -0.1) is 0 Å². The first-order chi connectivity index (χ1) is 6.70. The van der Waals surface area contributed by atoms with Crippen molar-refractivity contribution in [2.45, 2.75) is 39.3 Å². The topological polar surface area (TPSA) is 47.9 Å². The lowest BCUT2D eigenvalue weighted by Crippen LogP contribution is -2.36. The molecule has 3 unspecified atom stereocenters. The van der Waals surface area contributed by atoms with Crippen molar-refractivity contribution in [1.29, 1.82) is 0 Å². The van der Waals surface area contributed by atoms with E-state index < -0.39 is 6.04 Å². The van der Waals surface area contributed by atoms with Crippen LogP contribution in [0.2, 0.25) is 0 Å². The second-order valence-corrected chi connectivity index (χ2v) is 3.44. The summed E-state index contributed by atoms with van der Waals surface area (Å²) in [5, 5.41) is 0. The van der Waals surface area contributed by atoms with Gasteiger partial charge in [0, 0.05) is 0 Å². The molecule has 3 atom stereocenters. The molecule has 1 aliphatic heterocycles. The van der Waals surface area contributed by atoms with Crippen molar-refractivity contribution in [3.05, 3.63) is 0 Å². The number of hydrogen-bond acceptors (Lipinski definition) is 4. The average molecular weight is 199 g/mol. The number of hydrogen-bond donors (Lipinski definition) is 0. The number of nitrogens with zero attached hydrogens (tertiary/aromatic N) is 1. The van der Waals surface area contributed by atoms with Gasteiger partial charge in [0.15, 0.2) is 12.4 Å². The first-order valence-corrected chi connectivity index (χ1v) is 5.04. The number of aliphatic imine (C=N–C) groups is 1. The molecular weight excluding hydrogens is 182 g/mol. The van der Waals surface area contributed by atoms with Crippen LogP contribution in [0.15, 0.2) is 4.99 Å². The Morgan fingerprint density at radius 1 is 1.64 bits per heavy atom. The van der Waals surface area contributed by atoms with Crippen LogP contribution in [0.3, 0.4) is 0 Å². The van der Waals surface area contributed by atoms with E-state index in [1.54, 1.807) is 6.92 Å². The van der Waals surface area contributed by atoms with E-state index in [2.05, 4.69) is 11.9 Å². The minimum atomic E-state index is -0.468. The molecule has 0 bridgehead atoms. The highest BCUT2D eigenvalue weighted by molar-refractivity contribution is 5.79. The van der Waals surface area contributed by atoms with E-state index in [1.165, 1.54) is 6.40 Å². The van der Waals surface area contributed by atoms with Crippen molar-refractivity contribution in [3.63, 3.8) is 0 Å². The second kappa shape index (κ2) is 4.98. The molecule has 1 heterocycles. The van der Waals surface area contributed by atoms with Crippen molar-refractivity contribution >= 4 is 12.4 Å². The Bertz CT molecular complexity index is 227. The molecule has 0 fully saturated rings. The molecule has 0 aromatic rings. The van der Waals surface area contributed by atoms with Gasteiger partial charge in [0.25, 0.3) is 0 Å². The van der Waals surface area contributed by atoms with E-state index in [9.17, 15) is 4.79 Å². The Morgan fingerprint density at radius 3 is 2.93 bits per heavy atom. The summed E-state index contributed by atoms with van der Waals surface area (Å²) in [5.74, 6) is 0.0263. The molecule has 1 aliphatic rings. The fraction of sp³-hybridized carbons (Fsp3) is 0.800. The number of ether oxygens (including phenoxy) is 2. The van der Waals surface area contributed by atoms with Gasteiger partial charge in [0.2, 0.25) is 0 Å². The Hall–Kier alpha value is -1.06. The predicted molar refractivity (Wildman–Crippen MR) is 53.2 cm³/mol. The molecule has 4 heteroatoms. The van der Waals surface area contributed by atoms with Crippen LogP contribution in [-0.2, 0) is 14.3 Å². The summed E-state index contributed by atoms with van der Waals surface area (Å²) >= 11 is 0. The Labute approximate surface area is 84.3 Å². The molecule has 1 rings (SSSR count). The zero-order valence-corrected chi connectivity index (χ0v) is 8.90. The van der Waals surface area contributed by atoms with Gasteiger partial charge in [-0.3, -0.25) is 0 Å². The van der Waals surface area contributed by atoms with Gasteiger partial charge < -0.3 is 9.47 Å². The van der Waals surface area contributed by atoms with E-state index in [1.807, 2.05) is 6.92 Å². The van der Waals surface area contributed by atoms with Gasteiger partial charge in [-0.2, -0.15) is 0 Å². The minimum absolute atomic E-state index is 0.154. The molecule has 14 heavy (non-hydrogen) atoms. The minimum Gasteiger partial charge on any atom is -0.477 e. The molecule has 0 saturated carbocycles. The fourth-order valence-electron chi connectivity index (χ4n) is 1.43.